The number of nitrogens with one attached hydrogen (secondary N) is 1. The van der Waals surface area contributed by atoms with Gasteiger partial charge in [-0.2, -0.15) is 0 Å². The van der Waals surface area contributed by atoms with E-state index in [0.717, 1.165) is 11.3 Å². The number of rotatable bonds is 2. The summed E-state index contributed by atoms with van der Waals surface area (Å²) in [6.07, 6.45) is 1.85. The van der Waals surface area contributed by atoms with E-state index in [9.17, 15) is 4.79 Å². The number of carbonyl (C=O) groups excluding carboxylic acids is 1. The quantitative estimate of drug-likeness (QED) is 0.819. The molecule has 1 N–H and O–H groups in total. The molecule has 1 heterocycles. The Balaban J connectivity index is 2.17. The van der Waals surface area contributed by atoms with Crippen LogP contribution in [0.15, 0.2) is 42.6 Å². The van der Waals surface area contributed by atoms with Gasteiger partial charge in [-0.1, -0.05) is 12.1 Å². The molecule has 82 valence electrons. The Labute approximate surface area is 94.7 Å². The van der Waals surface area contributed by atoms with Gasteiger partial charge in [0.05, 0.1) is 0 Å². The molecule has 0 spiro atoms. The van der Waals surface area contributed by atoms with Gasteiger partial charge < -0.3 is 9.88 Å². The fourth-order valence-corrected chi connectivity index (χ4v) is 1.61. The molecule has 1 aromatic carbocycles. The van der Waals surface area contributed by atoms with Gasteiger partial charge in [0.25, 0.3) is 5.91 Å². The first-order chi connectivity index (χ1) is 7.66. The molecule has 0 unspecified atom stereocenters. The summed E-state index contributed by atoms with van der Waals surface area (Å²) in [7, 11) is 1.85. The number of aryl methyl sites for hydroxylation is 2. The molecule has 16 heavy (non-hydrogen) atoms. The fraction of sp³-hybridized carbons (Fsp3) is 0.154. The predicted octanol–water partition coefficient (Wildman–Crippen LogP) is 2.59. The molecule has 0 saturated carbocycles. The molecule has 3 nitrogen and oxygen atoms in total. The van der Waals surface area contributed by atoms with Crippen molar-refractivity contribution in [3.8, 4) is 0 Å². The highest BCUT2D eigenvalue weighted by Crippen LogP contribution is 2.11. The summed E-state index contributed by atoms with van der Waals surface area (Å²) in [6, 6.07) is 11.4. The largest absolute Gasteiger partial charge is 0.347 e. The van der Waals surface area contributed by atoms with Crippen LogP contribution in [0.1, 0.15) is 16.1 Å². The molecule has 1 amide bonds. The first-order valence-electron chi connectivity index (χ1n) is 5.16. The van der Waals surface area contributed by atoms with Crippen LogP contribution in [0.2, 0.25) is 0 Å². The van der Waals surface area contributed by atoms with E-state index in [1.165, 1.54) is 0 Å². The van der Waals surface area contributed by atoms with Crippen molar-refractivity contribution in [1.82, 2.24) is 4.57 Å². The van der Waals surface area contributed by atoms with Crippen LogP contribution in [0.25, 0.3) is 0 Å². The van der Waals surface area contributed by atoms with E-state index in [1.54, 1.807) is 10.6 Å². The number of hydrogen-bond donors (Lipinski definition) is 1. The van der Waals surface area contributed by atoms with Crippen LogP contribution >= 0.6 is 0 Å². The summed E-state index contributed by atoms with van der Waals surface area (Å²) in [5.41, 5.74) is 2.61. The number of benzene rings is 1. The van der Waals surface area contributed by atoms with E-state index >= 15 is 0 Å². The van der Waals surface area contributed by atoms with Gasteiger partial charge >= 0.3 is 0 Å². The molecule has 0 aliphatic rings. The molecular weight excluding hydrogens is 200 g/mol. The van der Waals surface area contributed by atoms with Crippen molar-refractivity contribution in [2.45, 2.75) is 6.92 Å². The summed E-state index contributed by atoms with van der Waals surface area (Å²) >= 11 is 0. The highest BCUT2D eigenvalue weighted by Gasteiger charge is 2.08. The second-order valence-electron chi connectivity index (χ2n) is 3.83. The van der Waals surface area contributed by atoms with Crippen LogP contribution in [-0.4, -0.2) is 10.5 Å². The minimum Gasteiger partial charge on any atom is -0.347 e. The second-order valence-corrected chi connectivity index (χ2v) is 3.83. The topological polar surface area (TPSA) is 34.0 Å². The lowest BCUT2D eigenvalue weighted by Crippen LogP contribution is -2.15. The third-order valence-corrected chi connectivity index (χ3v) is 2.45. The molecule has 0 aliphatic carbocycles. The van der Waals surface area contributed by atoms with Crippen molar-refractivity contribution in [2.75, 3.05) is 5.32 Å². The number of amides is 1. The van der Waals surface area contributed by atoms with Crippen molar-refractivity contribution in [3.63, 3.8) is 0 Å². The van der Waals surface area contributed by atoms with Crippen LogP contribution in [-0.2, 0) is 7.05 Å². The smallest absolute Gasteiger partial charge is 0.272 e. The van der Waals surface area contributed by atoms with E-state index in [1.807, 2.05) is 50.5 Å². The van der Waals surface area contributed by atoms with Gasteiger partial charge in [0, 0.05) is 18.9 Å². The van der Waals surface area contributed by atoms with Gasteiger partial charge in [0.2, 0.25) is 0 Å². The number of carbonyl (C=O) groups is 1. The molecule has 0 saturated heterocycles. The van der Waals surface area contributed by atoms with Crippen LogP contribution in [0.5, 0.6) is 0 Å². The van der Waals surface area contributed by atoms with Crippen molar-refractivity contribution in [3.05, 3.63) is 53.9 Å². The SMILES string of the molecule is Cc1cccc(NC(=O)c2cccn2C)c1. The Kier molecular flexibility index (Phi) is 2.77. The third kappa shape index (κ3) is 2.14. The molecule has 2 rings (SSSR count). The minimum absolute atomic E-state index is 0.0851. The van der Waals surface area contributed by atoms with E-state index in [-0.39, 0.29) is 5.91 Å². The van der Waals surface area contributed by atoms with E-state index in [0.29, 0.717) is 5.69 Å². The number of hydrogen-bond acceptors (Lipinski definition) is 1. The Hall–Kier alpha value is -2.03. The maximum atomic E-state index is 11.9. The summed E-state index contributed by atoms with van der Waals surface area (Å²) in [5, 5.41) is 2.87. The molecule has 0 radical (unpaired) electrons. The lowest BCUT2D eigenvalue weighted by molar-refractivity contribution is 0.101. The van der Waals surface area contributed by atoms with Crippen molar-refractivity contribution < 1.29 is 4.79 Å². The third-order valence-electron chi connectivity index (χ3n) is 2.45. The van der Waals surface area contributed by atoms with Crippen molar-refractivity contribution in [2.24, 2.45) is 7.05 Å². The van der Waals surface area contributed by atoms with Crippen LogP contribution < -0.4 is 5.32 Å². The zero-order chi connectivity index (χ0) is 11.5. The van der Waals surface area contributed by atoms with Crippen molar-refractivity contribution in [1.29, 1.82) is 0 Å². The Bertz CT molecular complexity index is 514. The van der Waals surface area contributed by atoms with Gasteiger partial charge in [-0.05, 0) is 36.8 Å². The number of anilines is 1. The molecule has 0 fully saturated rings. The molecule has 3 heteroatoms. The molecular formula is C13H14N2O. The summed E-state index contributed by atoms with van der Waals surface area (Å²) in [6.45, 7) is 2.00. The van der Waals surface area contributed by atoms with Crippen LogP contribution in [0, 0.1) is 6.92 Å². The van der Waals surface area contributed by atoms with E-state index in [4.69, 9.17) is 0 Å². The Morgan fingerprint density at radius 3 is 2.69 bits per heavy atom. The Morgan fingerprint density at radius 1 is 1.25 bits per heavy atom. The highest BCUT2D eigenvalue weighted by molar-refractivity contribution is 6.03. The lowest BCUT2D eigenvalue weighted by atomic mass is 10.2. The van der Waals surface area contributed by atoms with Gasteiger partial charge in [-0.15, -0.1) is 0 Å². The van der Waals surface area contributed by atoms with Gasteiger partial charge in [0.15, 0.2) is 0 Å². The van der Waals surface area contributed by atoms with Crippen LogP contribution in [0.4, 0.5) is 5.69 Å². The van der Waals surface area contributed by atoms with Gasteiger partial charge in [-0.3, -0.25) is 4.79 Å². The first kappa shape index (κ1) is 10.5. The predicted molar refractivity (Wildman–Crippen MR) is 64.5 cm³/mol. The highest BCUT2D eigenvalue weighted by atomic mass is 16.1. The normalized spacial score (nSPS) is 10.1. The number of aromatic nitrogens is 1. The zero-order valence-electron chi connectivity index (χ0n) is 9.40. The fourth-order valence-electron chi connectivity index (χ4n) is 1.61. The Morgan fingerprint density at radius 2 is 2.06 bits per heavy atom. The van der Waals surface area contributed by atoms with E-state index in [2.05, 4.69) is 5.32 Å². The first-order valence-corrected chi connectivity index (χ1v) is 5.16. The second kappa shape index (κ2) is 4.23. The zero-order valence-corrected chi connectivity index (χ0v) is 9.40. The molecule has 0 atom stereocenters. The van der Waals surface area contributed by atoms with E-state index < -0.39 is 0 Å². The average molecular weight is 214 g/mol. The summed E-state index contributed by atoms with van der Waals surface area (Å²) in [4.78, 5) is 11.9. The standard InChI is InChI=1S/C13H14N2O/c1-10-5-3-6-11(9-10)14-13(16)12-7-4-8-15(12)2/h3-9H,1-2H3,(H,14,16). The lowest BCUT2D eigenvalue weighted by Gasteiger charge is -2.06. The summed E-state index contributed by atoms with van der Waals surface area (Å²) in [5.74, 6) is -0.0851. The molecule has 0 bridgehead atoms. The summed E-state index contributed by atoms with van der Waals surface area (Å²) < 4.78 is 1.80. The van der Waals surface area contributed by atoms with Crippen LogP contribution in [0.3, 0.4) is 0 Å². The minimum atomic E-state index is -0.0851. The average Bonchev–Trinajstić information content (AvgIpc) is 2.64. The van der Waals surface area contributed by atoms with Gasteiger partial charge in [0.1, 0.15) is 5.69 Å². The van der Waals surface area contributed by atoms with Crippen molar-refractivity contribution >= 4 is 11.6 Å². The maximum Gasteiger partial charge on any atom is 0.272 e. The van der Waals surface area contributed by atoms with Gasteiger partial charge in [-0.25, -0.2) is 0 Å². The molecule has 0 aliphatic heterocycles. The maximum absolute atomic E-state index is 11.9. The monoisotopic (exact) mass is 214 g/mol. The number of nitrogens with zero attached hydrogens (tertiary/aromatic N) is 1. The molecule has 2 aromatic rings. The molecule has 1 aromatic heterocycles.